The van der Waals surface area contributed by atoms with Gasteiger partial charge >= 0.3 is 0 Å². The van der Waals surface area contributed by atoms with E-state index in [0.29, 0.717) is 26.4 Å². The molecule has 1 aromatic heterocycles. The molecule has 5 heteroatoms. The fraction of sp³-hybridized carbons (Fsp3) is 0.882. The molecule has 0 saturated heterocycles. The van der Waals surface area contributed by atoms with Crippen molar-refractivity contribution in [2.45, 2.75) is 142 Å². The van der Waals surface area contributed by atoms with E-state index < -0.39 is 0 Å². The molecule has 1 rings (SSSR count). The van der Waals surface area contributed by atoms with Crippen molar-refractivity contribution >= 4 is 11.3 Å². The maximum absolute atomic E-state index is 5.82. The molecule has 0 saturated carbocycles. The average molecular weight is 569 g/mol. The van der Waals surface area contributed by atoms with E-state index in [2.05, 4.69) is 24.6 Å². The van der Waals surface area contributed by atoms with Gasteiger partial charge in [-0.2, -0.15) is 11.3 Å². The summed E-state index contributed by atoms with van der Waals surface area (Å²) in [5, 5.41) is 4.51. The predicted molar refractivity (Wildman–Crippen MR) is 169 cm³/mol. The van der Waals surface area contributed by atoms with Gasteiger partial charge in [0.05, 0.1) is 39.6 Å². The topological polar surface area (TPSA) is 36.9 Å². The average Bonchev–Trinajstić information content (AvgIpc) is 3.40. The number of ether oxygens (including phenoxy) is 4. The SMILES string of the molecule is CCCCCCCCCCCOCCOCCc1cscc1CCOCCOCCCCCCCCCCC. The first-order valence-electron chi connectivity index (χ1n) is 16.7. The standard InChI is InChI=1S/C34H64O4S/c1-3-5-7-9-11-13-15-17-19-23-35-27-29-37-25-21-33-31-39-32-34(33)22-26-38-30-28-36-24-20-18-16-14-12-10-8-6-4-2/h31-32H,3-30H2,1-2H3. The monoisotopic (exact) mass is 568 g/mol. The molecule has 0 N–H and O–H groups in total. The Bertz CT molecular complexity index is 543. The Hall–Kier alpha value is -0.460. The predicted octanol–water partition coefficient (Wildman–Crippen LogP) is 9.96. The lowest BCUT2D eigenvalue weighted by atomic mass is 10.1. The maximum Gasteiger partial charge on any atom is 0.0700 e. The molecule has 0 atom stereocenters. The van der Waals surface area contributed by atoms with Crippen LogP contribution in [0.15, 0.2) is 10.8 Å². The molecule has 0 unspecified atom stereocenters. The second-order valence-electron chi connectivity index (χ2n) is 11.0. The molecule has 0 radical (unpaired) electrons. The summed E-state index contributed by atoms with van der Waals surface area (Å²) in [6.45, 7) is 10.6. The highest BCUT2D eigenvalue weighted by Gasteiger charge is 2.04. The fourth-order valence-electron chi connectivity index (χ4n) is 4.83. The molecule has 0 aliphatic rings. The van der Waals surface area contributed by atoms with Crippen LogP contribution in [-0.2, 0) is 31.8 Å². The number of hydrogen-bond donors (Lipinski definition) is 0. The normalized spacial score (nSPS) is 11.5. The van der Waals surface area contributed by atoms with Crippen LogP contribution in [0.5, 0.6) is 0 Å². The molecule has 0 fully saturated rings. The first-order valence-corrected chi connectivity index (χ1v) is 17.7. The second kappa shape index (κ2) is 30.5. The summed E-state index contributed by atoms with van der Waals surface area (Å²) >= 11 is 1.78. The van der Waals surface area contributed by atoms with Gasteiger partial charge in [0.1, 0.15) is 0 Å². The quantitative estimate of drug-likeness (QED) is 0.0810. The van der Waals surface area contributed by atoms with E-state index in [1.807, 2.05) is 0 Å². The van der Waals surface area contributed by atoms with Gasteiger partial charge in [0.2, 0.25) is 0 Å². The van der Waals surface area contributed by atoms with Crippen molar-refractivity contribution in [2.24, 2.45) is 0 Å². The van der Waals surface area contributed by atoms with Crippen molar-refractivity contribution in [3.63, 3.8) is 0 Å². The van der Waals surface area contributed by atoms with Gasteiger partial charge in [-0.15, -0.1) is 0 Å². The molecule has 4 nitrogen and oxygen atoms in total. The van der Waals surface area contributed by atoms with Gasteiger partial charge in [-0.3, -0.25) is 0 Å². The Morgan fingerprint density at radius 1 is 0.385 bits per heavy atom. The molecule has 39 heavy (non-hydrogen) atoms. The van der Waals surface area contributed by atoms with Crippen molar-refractivity contribution in [1.82, 2.24) is 0 Å². The van der Waals surface area contributed by atoms with E-state index in [1.165, 1.54) is 127 Å². The minimum Gasteiger partial charge on any atom is -0.379 e. The van der Waals surface area contributed by atoms with E-state index in [9.17, 15) is 0 Å². The van der Waals surface area contributed by atoms with E-state index in [4.69, 9.17) is 18.9 Å². The minimum absolute atomic E-state index is 0.694. The molecular weight excluding hydrogens is 504 g/mol. The minimum atomic E-state index is 0.694. The number of hydrogen-bond acceptors (Lipinski definition) is 5. The van der Waals surface area contributed by atoms with Crippen LogP contribution in [0, 0.1) is 0 Å². The summed E-state index contributed by atoms with van der Waals surface area (Å²) in [4.78, 5) is 0. The number of rotatable bonds is 32. The Morgan fingerprint density at radius 2 is 0.692 bits per heavy atom. The zero-order valence-electron chi connectivity index (χ0n) is 26.0. The van der Waals surface area contributed by atoms with Gasteiger partial charge in [0.25, 0.3) is 0 Å². The molecule has 0 aromatic carbocycles. The summed E-state index contributed by atoms with van der Waals surface area (Å²) in [6, 6.07) is 0. The van der Waals surface area contributed by atoms with Crippen LogP contribution in [0.3, 0.4) is 0 Å². The van der Waals surface area contributed by atoms with Gasteiger partial charge in [-0.1, -0.05) is 117 Å². The Kier molecular flexibility index (Phi) is 28.6. The lowest BCUT2D eigenvalue weighted by Crippen LogP contribution is -2.09. The van der Waals surface area contributed by atoms with Crippen LogP contribution in [0.25, 0.3) is 0 Å². The van der Waals surface area contributed by atoms with Crippen molar-refractivity contribution in [2.75, 3.05) is 52.9 Å². The highest BCUT2D eigenvalue weighted by atomic mass is 32.1. The van der Waals surface area contributed by atoms with Crippen LogP contribution in [0.4, 0.5) is 0 Å². The molecule has 0 bridgehead atoms. The zero-order valence-corrected chi connectivity index (χ0v) is 26.8. The summed E-state index contributed by atoms with van der Waals surface area (Å²) < 4.78 is 23.1. The number of unbranched alkanes of at least 4 members (excludes halogenated alkanes) is 16. The first kappa shape index (κ1) is 36.6. The summed E-state index contributed by atoms with van der Waals surface area (Å²) in [6.07, 6.45) is 26.3. The molecule has 0 aliphatic heterocycles. The van der Waals surface area contributed by atoms with E-state index in [-0.39, 0.29) is 0 Å². The van der Waals surface area contributed by atoms with Crippen molar-refractivity contribution < 1.29 is 18.9 Å². The van der Waals surface area contributed by atoms with Crippen LogP contribution in [0.2, 0.25) is 0 Å². The fourth-order valence-corrected chi connectivity index (χ4v) is 5.76. The van der Waals surface area contributed by atoms with Crippen molar-refractivity contribution in [3.8, 4) is 0 Å². The van der Waals surface area contributed by atoms with Crippen LogP contribution < -0.4 is 0 Å². The van der Waals surface area contributed by atoms with Gasteiger partial charge in [-0.05, 0) is 47.6 Å². The third kappa shape index (κ3) is 25.0. The number of thiophene rings is 1. The summed E-state index contributed by atoms with van der Waals surface area (Å²) in [5.74, 6) is 0. The third-order valence-electron chi connectivity index (χ3n) is 7.39. The van der Waals surface area contributed by atoms with Crippen LogP contribution in [-0.4, -0.2) is 52.9 Å². The highest BCUT2D eigenvalue weighted by Crippen LogP contribution is 2.17. The molecular formula is C34H64O4S. The molecule has 230 valence electrons. The van der Waals surface area contributed by atoms with E-state index >= 15 is 0 Å². The molecule has 0 aliphatic carbocycles. The van der Waals surface area contributed by atoms with Crippen molar-refractivity contribution in [3.05, 3.63) is 21.9 Å². The smallest absolute Gasteiger partial charge is 0.0700 e. The third-order valence-corrected chi connectivity index (χ3v) is 8.23. The van der Waals surface area contributed by atoms with Crippen molar-refractivity contribution in [1.29, 1.82) is 0 Å². The molecule has 0 spiro atoms. The van der Waals surface area contributed by atoms with Crippen LogP contribution in [0.1, 0.15) is 141 Å². The molecule has 0 amide bonds. The lowest BCUT2D eigenvalue weighted by Gasteiger charge is -2.08. The van der Waals surface area contributed by atoms with E-state index in [1.54, 1.807) is 11.3 Å². The summed E-state index contributed by atoms with van der Waals surface area (Å²) in [5.41, 5.74) is 2.81. The first-order chi connectivity index (χ1) is 19.4. The molecule has 1 heterocycles. The van der Waals surface area contributed by atoms with Gasteiger partial charge in [0, 0.05) is 13.2 Å². The lowest BCUT2D eigenvalue weighted by molar-refractivity contribution is 0.0463. The van der Waals surface area contributed by atoms with Crippen LogP contribution >= 0.6 is 11.3 Å². The second-order valence-corrected chi connectivity index (χ2v) is 11.8. The van der Waals surface area contributed by atoms with Gasteiger partial charge in [0.15, 0.2) is 0 Å². The Labute approximate surface area is 246 Å². The highest BCUT2D eigenvalue weighted by molar-refractivity contribution is 7.08. The molecule has 1 aromatic rings. The summed E-state index contributed by atoms with van der Waals surface area (Å²) in [7, 11) is 0. The van der Waals surface area contributed by atoms with Gasteiger partial charge < -0.3 is 18.9 Å². The zero-order chi connectivity index (χ0) is 27.9. The Morgan fingerprint density at radius 3 is 1.05 bits per heavy atom. The maximum atomic E-state index is 5.82. The Balaban J connectivity index is 1.83. The van der Waals surface area contributed by atoms with Gasteiger partial charge in [-0.25, -0.2) is 0 Å². The largest absolute Gasteiger partial charge is 0.379 e. The van der Waals surface area contributed by atoms with E-state index in [0.717, 1.165) is 39.3 Å².